The molecule has 0 radical (unpaired) electrons. The Morgan fingerprint density at radius 1 is 1.50 bits per heavy atom. The molecule has 14 heavy (non-hydrogen) atoms. The summed E-state index contributed by atoms with van der Waals surface area (Å²) in [7, 11) is 0. The summed E-state index contributed by atoms with van der Waals surface area (Å²) in [4.78, 5) is 10.1. The van der Waals surface area contributed by atoms with Crippen molar-refractivity contribution in [3.8, 4) is 5.75 Å². The Hall–Kier alpha value is -1.39. The molecule has 0 aromatic heterocycles. The van der Waals surface area contributed by atoms with Crippen molar-refractivity contribution in [1.82, 2.24) is 0 Å². The first-order chi connectivity index (χ1) is 6.61. The fraction of sp³-hybridized carbons (Fsp3) is 0.300. The molecule has 1 aromatic carbocycles. The van der Waals surface area contributed by atoms with Crippen molar-refractivity contribution in [2.45, 2.75) is 13.0 Å². The van der Waals surface area contributed by atoms with E-state index in [-0.39, 0.29) is 11.8 Å². The van der Waals surface area contributed by atoms with Gasteiger partial charge in [0.25, 0.3) is 0 Å². The molecule has 0 saturated carbocycles. The van der Waals surface area contributed by atoms with E-state index in [9.17, 15) is 4.79 Å². The molecule has 1 atom stereocenters. The third-order valence-electron chi connectivity index (χ3n) is 1.44. The van der Waals surface area contributed by atoms with Gasteiger partial charge in [0, 0.05) is 12.6 Å². The van der Waals surface area contributed by atoms with Gasteiger partial charge in [-0.2, -0.15) is 0 Å². The zero-order valence-electron chi connectivity index (χ0n) is 8.18. The van der Waals surface area contributed by atoms with E-state index in [0.29, 0.717) is 18.4 Å². The van der Waals surface area contributed by atoms with E-state index in [0.717, 1.165) is 0 Å². The number of phenols is 1. The second-order valence-corrected chi connectivity index (χ2v) is 2.89. The standard InChI is InChI=1S/C7H6O2.C3H10N2/c8-5-6-3-1-2-4-7(6)9;1-3(5)2-4/h1-5,9H;3H,2,4-5H2,1H3. The summed E-state index contributed by atoms with van der Waals surface area (Å²) < 4.78 is 0. The van der Waals surface area contributed by atoms with Gasteiger partial charge in [0.2, 0.25) is 0 Å². The monoisotopic (exact) mass is 196 g/mol. The largest absolute Gasteiger partial charge is 0.507 e. The molecule has 0 bridgehead atoms. The lowest BCUT2D eigenvalue weighted by Gasteiger charge is -1.92. The van der Waals surface area contributed by atoms with Crippen LogP contribution < -0.4 is 11.5 Å². The number of nitrogens with two attached hydrogens (primary N) is 2. The molecule has 0 aliphatic heterocycles. The molecule has 78 valence electrons. The quantitative estimate of drug-likeness (QED) is 0.601. The summed E-state index contributed by atoms with van der Waals surface area (Å²) >= 11 is 0. The normalized spacial score (nSPS) is 11.1. The van der Waals surface area contributed by atoms with Crippen LogP contribution in [0.1, 0.15) is 17.3 Å². The van der Waals surface area contributed by atoms with Gasteiger partial charge in [-0.3, -0.25) is 4.79 Å². The molecule has 0 amide bonds. The van der Waals surface area contributed by atoms with E-state index < -0.39 is 0 Å². The third kappa shape index (κ3) is 5.29. The van der Waals surface area contributed by atoms with Gasteiger partial charge in [-0.15, -0.1) is 0 Å². The first-order valence-electron chi connectivity index (χ1n) is 4.30. The number of hydrogen-bond acceptors (Lipinski definition) is 4. The van der Waals surface area contributed by atoms with Crippen LogP contribution in [0.5, 0.6) is 5.75 Å². The number of carbonyl (C=O) groups is 1. The van der Waals surface area contributed by atoms with E-state index in [4.69, 9.17) is 16.6 Å². The van der Waals surface area contributed by atoms with Gasteiger partial charge in [-0.05, 0) is 19.1 Å². The molecule has 0 heterocycles. The Labute approximate surface area is 83.5 Å². The van der Waals surface area contributed by atoms with Crippen LogP contribution in [0, 0.1) is 0 Å². The molecular formula is C10H16N2O2. The smallest absolute Gasteiger partial charge is 0.153 e. The highest BCUT2D eigenvalue weighted by Gasteiger charge is 1.93. The minimum absolute atomic E-state index is 0.0347. The van der Waals surface area contributed by atoms with Crippen LogP contribution in [0.2, 0.25) is 0 Å². The Morgan fingerprint density at radius 2 is 2.00 bits per heavy atom. The molecule has 4 nitrogen and oxygen atoms in total. The molecule has 0 aliphatic rings. The number of para-hydroxylation sites is 1. The van der Waals surface area contributed by atoms with Crippen molar-refractivity contribution in [3.63, 3.8) is 0 Å². The number of benzene rings is 1. The number of phenolic OH excluding ortho intramolecular Hbond substituents is 1. The lowest BCUT2D eigenvalue weighted by Crippen LogP contribution is -2.25. The van der Waals surface area contributed by atoms with Crippen LogP contribution in [0.25, 0.3) is 0 Å². The van der Waals surface area contributed by atoms with E-state index in [1.807, 2.05) is 6.92 Å². The lowest BCUT2D eigenvalue weighted by atomic mass is 10.2. The van der Waals surface area contributed by atoms with Crippen LogP contribution in [-0.4, -0.2) is 24.0 Å². The molecule has 0 saturated heterocycles. The Balaban J connectivity index is 0.000000292. The van der Waals surface area contributed by atoms with E-state index in [1.54, 1.807) is 18.2 Å². The van der Waals surface area contributed by atoms with Gasteiger partial charge in [0.05, 0.1) is 5.56 Å². The molecule has 0 aliphatic carbocycles. The number of carbonyl (C=O) groups excluding carboxylic acids is 1. The molecule has 4 heteroatoms. The van der Waals surface area contributed by atoms with Crippen molar-refractivity contribution >= 4 is 6.29 Å². The average Bonchev–Trinajstić information content (AvgIpc) is 2.19. The van der Waals surface area contributed by atoms with Crippen LogP contribution in [0.15, 0.2) is 24.3 Å². The first kappa shape index (κ1) is 12.6. The maximum Gasteiger partial charge on any atom is 0.153 e. The number of rotatable bonds is 2. The zero-order valence-corrected chi connectivity index (χ0v) is 8.18. The maximum absolute atomic E-state index is 10.1. The SMILES string of the molecule is CC(N)CN.O=Cc1ccccc1O. The van der Waals surface area contributed by atoms with Gasteiger partial charge in [0.1, 0.15) is 5.75 Å². The second-order valence-electron chi connectivity index (χ2n) is 2.89. The van der Waals surface area contributed by atoms with Crippen LogP contribution >= 0.6 is 0 Å². The zero-order chi connectivity index (χ0) is 11.0. The Morgan fingerprint density at radius 3 is 2.29 bits per heavy atom. The molecular weight excluding hydrogens is 180 g/mol. The van der Waals surface area contributed by atoms with Crippen molar-refractivity contribution < 1.29 is 9.90 Å². The molecule has 1 aromatic rings. The van der Waals surface area contributed by atoms with Gasteiger partial charge in [-0.25, -0.2) is 0 Å². The summed E-state index contributed by atoms with van der Waals surface area (Å²) in [6.45, 7) is 2.46. The van der Waals surface area contributed by atoms with Crippen molar-refractivity contribution in [3.05, 3.63) is 29.8 Å². The first-order valence-corrected chi connectivity index (χ1v) is 4.30. The average molecular weight is 196 g/mol. The number of aldehydes is 1. The van der Waals surface area contributed by atoms with Crippen LogP contribution in [-0.2, 0) is 0 Å². The van der Waals surface area contributed by atoms with Gasteiger partial charge >= 0.3 is 0 Å². The molecule has 1 unspecified atom stereocenters. The summed E-state index contributed by atoms with van der Waals surface area (Å²) in [6.07, 6.45) is 0.620. The lowest BCUT2D eigenvalue weighted by molar-refractivity contribution is 0.112. The Bertz CT molecular complexity index is 275. The summed E-state index contributed by atoms with van der Waals surface area (Å²) in [6, 6.07) is 6.56. The maximum atomic E-state index is 10.1. The van der Waals surface area contributed by atoms with Gasteiger partial charge in [-0.1, -0.05) is 12.1 Å². The fourth-order valence-corrected chi connectivity index (χ4v) is 0.587. The molecule has 0 spiro atoms. The molecule has 1 rings (SSSR count). The van der Waals surface area contributed by atoms with Crippen LogP contribution in [0.3, 0.4) is 0 Å². The number of aromatic hydroxyl groups is 1. The van der Waals surface area contributed by atoms with Crippen molar-refractivity contribution in [2.75, 3.05) is 6.54 Å². The summed E-state index contributed by atoms with van der Waals surface area (Å²) in [5.41, 5.74) is 10.5. The fourth-order valence-electron chi connectivity index (χ4n) is 0.587. The third-order valence-corrected chi connectivity index (χ3v) is 1.44. The molecule has 0 fully saturated rings. The van der Waals surface area contributed by atoms with E-state index in [1.165, 1.54) is 6.07 Å². The minimum atomic E-state index is 0.0347. The van der Waals surface area contributed by atoms with Gasteiger partial charge in [0.15, 0.2) is 6.29 Å². The highest BCUT2D eigenvalue weighted by Crippen LogP contribution is 2.11. The number of hydrogen-bond donors (Lipinski definition) is 3. The predicted octanol–water partition coefficient (Wildman–Crippen LogP) is 0.497. The molecule has 5 N–H and O–H groups in total. The van der Waals surface area contributed by atoms with Crippen molar-refractivity contribution in [2.24, 2.45) is 11.5 Å². The minimum Gasteiger partial charge on any atom is -0.507 e. The van der Waals surface area contributed by atoms with Crippen LogP contribution in [0.4, 0.5) is 0 Å². The van der Waals surface area contributed by atoms with E-state index in [2.05, 4.69) is 0 Å². The van der Waals surface area contributed by atoms with E-state index >= 15 is 0 Å². The van der Waals surface area contributed by atoms with Crippen molar-refractivity contribution in [1.29, 1.82) is 0 Å². The second kappa shape index (κ2) is 7.06. The summed E-state index contributed by atoms with van der Waals surface area (Å²) in [5.74, 6) is 0.0347. The highest BCUT2D eigenvalue weighted by atomic mass is 16.3. The van der Waals surface area contributed by atoms with Gasteiger partial charge < -0.3 is 16.6 Å². The highest BCUT2D eigenvalue weighted by molar-refractivity contribution is 5.78. The Kier molecular flexibility index (Phi) is 6.36. The topological polar surface area (TPSA) is 89.3 Å². The summed E-state index contributed by atoms with van der Waals surface area (Å²) in [5, 5.41) is 8.88. The predicted molar refractivity (Wildman–Crippen MR) is 56.2 cm³/mol.